The number of hydrogen-bond acceptors (Lipinski definition) is 3. The first-order valence-electron chi connectivity index (χ1n) is 10.7. The van der Waals surface area contributed by atoms with Crippen LogP contribution in [0.3, 0.4) is 0 Å². The minimum absolute atomic E-state index is 0.0488. The van der Waals surface area contributed by atoms with Gasteiger partial charge in [0.05, 0.1) is 0 Å². The van der Waals surface area contributed by atoms with Crippen LogP contribution in [0.5, 0.6) is 0 Å². The van der Waals surface area contributed by atoms with E-state index in [0.717, 1.165) is 50.5 Å². The summed E-state index contributed by atoms with van der Waals surface area (Å²) < 4.78 is 6.01. The molecule has 1 fully saturated rings. The summed E-state index contributed by atoms with van der Waals surface area (Å²) in [5.74, 6) is 0.0488. The minimum Gasteiger partial charge on any atom is -0.435 e. The Kier molecular flexibility index (Phi) is 8.83. The Labute approximate surface area is 164 Å². The van der Waals surface area contributed by atoms with Crippen molar-refractivity contribution in [1.29, 1.82) is 0 Å². The lowest BCUT2D eigenvalue weighted by Gasteiger charge is -2.37. The Morgan fingerprint density at radius 2 is 1.56 bits per heavy atom. The monoisotopic (exact) mass is 373 g/mol. The maximum absolute atomic E-state index is 13.2. The smallest absolute Gasteiger partial charge is 0.410 e. The number of amides is 1. The highest BCUT2D eigenvalue weighted by molar-refractivity contribution is 5.91. The molecule has 0 N–H and O–H groups in total. The van der Waals surface area contributed by atoms with Gasteiger partial charge in [-0.1, -0.05) is 63.4 Å². The second kappa shape index (κ2) is 11.1. The molecule has 0 saturated heterocycles. The fourth-order valence-electron chi connectivity index (χ4n) is 3.73. The average molecular weight is 374 g/mol. The third-order valence-corrected chi connectivity index (χ3v) is 5.48. The highest BCUT2D eigenvalue weighted by atomic mass is 16.6. The summed E-state index contributed by atoms with van der Waals surface area (Å²) in [6.45, 7) is 5.65. The molecule has 0 aliphatic heterocycles. The molecule has 0 bridgehead atoms. The molecule has 4 heteroatoms. The Hall–Kier alpha value is -1.84. The molecule has 1 aliphatic rings. The van der Waals surface area contributed by atoms with Gasteiger partial charge in [-0.2, -0.15) is 0 Å². The van der Waals surface area contributed by atoms with Crippen LogP contribution < -0.4 is 0 Å². The summed E-state index contributed by atoms with van der Waals surface area (Å²) in [6.07, 6.45) is 8.32. The number of ketones is 1. The van der Waals surface area contributed by atoms with E-state index in [0.29, 0.717) is 32.4 Å². The summed E-state index contributed by atoms with van der Waals surface area (Å²) in [4.78, 5) is 27.9. The number of Topliss-reactive ketones (excluding diaryl/α,β-unsaturated/α-hetero) is 1. The van der Waals surface area contributed by atoms with Gasteiger partial charge in [0.2, 0.25) is 0 Å². The van der Waals surface area contributed by atoms with Crippen molar-refractivity contribution < 1.29 is 14.3 Å². The molecule has 150 valence electrons. The van der Waals surface area contributed by atoms with E-state index in [1.807, 2.05) is 30.3 Å². The van der Waals surface area contributed by atoms with Crippen LogP contribution in [0.1, 0.15) is 77.2 Å². The Morgan fingerprint density at radius 3 is 2.11 bits per heavy atom. The van der Waals surface area contributed by atoms with E-state index in [1.165, 1.54) is 0 Å². The van der Waals surface area contributed by atoms with Crippen molar-refractivity contribution in [3.63, 3.8) is 0 Å². The van der Waals surface area contributed by atoms with Gasteiger partial charge >= 0.3 is 6.09 Å². The van der Waals surface area contributed by atoms with Crippen LogP contribution in [0.4, 0.5) is 4.79 Å². The summed E-state index contributed by atoms with van der Waals surface area (Å²) >= 11 is 0. The first-order chi connectivity index (χ1) is 13.1. The summed E-state index contributed by atoms with van der Waals surface area (Å²) in [7, 11) is 0. The van der Waals surface area contributed by atoms with Crippen LogP contribution in [0.25, 0.3) is 0 Å². The first kappa shape index (κ1) is 21.5. The highest BCUT2D eigenvalue weighted by Crippen LogP contribution is 2.34. The maximum Gasteiger partial charge on any atom is 0.410 e. The summed E-state index contributed by atoms with van der Waals surface area (Å²) in [5, 5.41) is 0. The van der Waals surface area contributed by atoms with Crippen molar-refractivity contribution in [2.75, 3.05) is 13.1 Å². The van der Waals surface area contributed by atoms with Gasteiger partial charge in [0.25, 0.3) is 0 Å². The van der Waals surface area contributed by atoms with Crippen molar-refractivity contribution in [2.45, 2.75) is 83.7 Å². The van der Waals surface area contributed by atoms with Gasteiger partial charge in [0.1, 0.15) is 0 Å². The zero-order valence-corrected chi connectivity index (χ0v) is 17.0. The topological polar surface area (TPSA) is 46.6 Å². The molecule has 0 atom stereocenters. The van der Waals surface area contributed by atoms with E-state index < -0.39 is 5.60 Å². The molecule has 1 aromatic rings. The van der Waals surface area contributed by atoms with Crippen LogP contribution >= 0.6 is 0 Å². The largest absolute Gasteiger partial charge is 0.435 e. The molecule has 0 unspecified atom stereocenters. The Balaban J connectivity index is 2.11. The van der Waals surface area contributed by atoms with E-state index in [4.69, 9.17) is 4.74 Å². The number of benzene rings is 1. The third kappa shape index (κ3) is 6.37. The molecule has 0 heterocycles. The molecule has 4 nitrogen and oxygen atoms in total. The van der Waals surface area contributed by atoms with E-state index in [1.54, 1.807) is 4.90 Å². The molecular weight excluding hydrogens is 338 g/mol. The van der Waals surface area contributed by atoms with Crippen LogP contribution in [0.15, 0.2) is 30.3 Å². The van der Waals surface area contributed by atoms with Gasteiger partial charge in [0, 0.05) is 19.5 Å². The first-order valence-corrected chi connectivity index (χ1v) is 10.7. The fraction of sp³-hybridized carbons (Fsp3) is 0.652. The summed E-state index contributed by atoms with van der Waals surface area (Å²) in [6, 6.07) is 9.76. The standard InChI is InChI=1S/C23H35NO3/c1-3-5-17-24(18-6-4-2)22(26)27-23(15-11-8-12-16-23)21(25)19-20-13-9-7-10-14-20/h7,9-10,13-14H,3-6,8,11-12,15-19H2,1-2H3. The molecule has 1 saturated carbocycles. The number of unbranched alkanes of at least 4 members (excludes halogenated alkanes) is 2. The number of nitrogens with zero attached hydrogens (tertiary/aromatic N) is 1. The highest BCUT2D eigenvalue weighted by Gasteiger charge is 2.43. The molecular formula is C23H35NO3. The van der Waals surface area contributed by atoms with Gasteiger partial charge in [0.15, 0.2) is 11.4 Å². The van der Waals surface area contributed by atoms with Crippen molar-refractivity contribution in [3.8, 4) is 0 Å². The lowest BCUT2D eigenvalue weighted by molar-refractivity contribution is -0.141. The van der Waals surface area contributed by atoms with E-state index >= 15 is 0 Å². The quantitative estimate of drug-likeness (QED) is 0.541. The number of ether oxygens (including phenoxy) is 1. The number of hydrogen-bond donors (Lipinski definition) is 0. The second-order valence-electron chi connectivity index (χ2n) is 7.70. The average Bonchev–Trinajstić information content (AvgIpc) is 2.69. The molecule has 0 spiro atoms. The van der Waals surface area contributed by atoms with Gasteiger partial charge in [-0.3, -0.25) is 4.79 Å². The molecule has 2 rings (SSSR count). The zero-order chi connectivity index (χ0) is 19.5. The molecule has 1 aliphatic carbocycles. The fourth-order valence-corrected chi connectivity index (χ4v) is 3.73. The Morgan fingerprint density at radius 1 is 0.963 bits per heavy atom. The number of rotatable bonds is 10. The third-order valence-electron chi connectivity index (χ3n) is 5.48. The second-order valence-corrected chi connectivity index (χ2v) is 7.70. The van der Waals surface area contributed by atoms with Gasteiger partial charge < -0.3 is 9.64 Å². The molecule has 1 aromatic carbocycles. The molecule has 0 aromatic heterocycles. The van der Waals surface area contributed by atoms with Crippen molar-refractivity contribution in [2.24, 2.45) is 0 Å². The SMILES string of the molecule is CCCCN(CCCC)C(=O)OC1(C(=O)Cc2ccccc2)CCCCC1. The molecule has 1 amide bonds. The summed E-state index contributed by atoms with van der Waals surface area (Å²) in [5.41, 5.74) is 0.0410. The van der Waals surface area contributed by atoms with E-state index in [9.17, 15) is 9.59 Å². The molecule has 0 radical (unpaired) electrons. The number of carbonyl (C=O) groups excluding carboxylic acids is 2. The van der Waals surface area contributed by atoms with Crippen molar-refractivity contribution >= 4 is 11.9 Å². The van der Waals surface area contributed by atoms with E-state index in [2.05, 4.69) is 13.8 Å². The Bertz CT molecular complexity index is 571. The maximum atomic E-state index is 13.2. The predicted molar refractivity (Wildman–Crippen MR) is 109 cm³/mol. The van der Waals surface area contributed by atoms with Crippen LogP contribution in [0.2, 0.25) is 0 Å². The van der Waals surface area contributed by atoms with Gasteiger partial charge in [-0.25, -0.2) is 4.79 Å². The molecule has 27 heavy (non-hydrogen) atoms. The van der Waals surface area contributed by atoms with Crippen molar-refractivity contribution in [3.05, 3.63) is 35.9 Å². The lowest BCUT2D eigenvalue weighted by atomic mass is 9.79. The van der Waals surface area contributed by atoms with E-state index in [-0.39, 0.29) is 11.9 Å². The number of carbonyl (C=O) groups is 2. The normalized spacial score (nSPS) is 15.9. The van der Waals surface area contributed by atoms with Gasteiger partial charge in [-0.15, -0.1) is 0 Å². The van der Waals surface area contributed by atoms with Crippen LogP contribution in [-0.2, 0) is 16.0 Å². The van der Waals surface area contributed by atoms with Gasteiger partial charge in [-0.05, 0) is 44.1 Å². The van der Waals surface area contributed by atoms with Crippen LogP contribution in [0, 0.1) is 0 Å². The minimum atomic E-state index is -0.943. The lowest BCUT2D eigenvalue weighted by Crippen LogP contribution is -2.49. The van der Waals surface area contributed by atoms with Crippen LogP contribution in [-0.4, -0.2) is 35.5 Å². The van der Waals surface area contributed by atoms with Crippen molar-refractivity contribution in [1.82, 2.24) is 4.90 Å². The predicted octanol–water partition coefficient (Wildman–Crippen LogP) is 5.54. The zero-order valence-electron chi connectivity index (χ0n) is 17.0.